The van der Waals surface area contributed by atoms with Crippen molar-refractivity contribution in [3.63, 3.8) is 0 Å². The first-order chi connectivity index (χ1) is 9.72. The summed E-state index contributed by atoms with van der Waals surface area (Å²) in [6.07, 6.45) is 3.24. The summed E-state index contributed by atoms with van der Waals surface area (Å²) >= 11 is 0. The van der Waals surface area contributed by atoms with E-state index in [0.29, 0.717) is 25.6 Å². The molecule has 0 bridgehead atoms. The lowest BCUT2D eigenvalue weighted by molar-refractivity contribution is 0.133. The average Bonchev–Trinajstić information content (AvgIpc) is 2.47. The SMILES string of the molecule is CCOCc1ccccc1CNc1nccn(C)c1=O. The second-order valence-corrected chi connectivity index (χ2v) is 4.45. The first-order valence-electron chi connectivity index (χ1n) is 6.62. The van der Waals surface area contributed by atoms with Crippen molar-refractivity contribution in [2.75, 3.05) is 11.9 Å². The van der Waals surface area contributed by atoms with Crippen LogP contribution in [0.3, 0.4) is 0 Å². The van der Waals surface area contributed by atoms with Crippen LogP contribution in [0.25, 0.3) is 0 Å². The number of hydrogen-bond acceptors (Lipinski definition) is 4. The molecule has 0 unspecified atom stereocenters. The summed E-state index contributed by atoms with van der Waals surface area (Å²) in [5.41, 5.74) is 2.10. The van der Waals surface area contributed by atoms with E-state index in [-0.39, 0.29) is 5.56 Å². The molecule has 0 radical (unpaired) electrons. The molecule has 0 spiro atoms. The molecule has 0 aliphatic rings. The lowest BCUT2D eigenvalue weighted by atomic mass is 10.1. The lowest BCUT2D eigenvalue weighted by Gasteiger charge is -2.11. The van der Waals surface area contributed by atoms with Gasteiger partial charge in [0.15, 0.2) is 5.82 Å². The highest BCUT2D eigenvalue weighted by Gasteiger charge is 2.05. The van der Waals surface area contributed by atoms with Crippen LogP contribution >= 0.6 is 0 Å². The number of ether oxygens (including phenoxy) is 1. The minimum Gasteiger partial charge on any atom is -0.377 e. The van der Waals surface area contributed by atoms with Gasteiger partial charge in [-0.1, -0.05) is 24.3 Å². The second-order valence-electron chi connectivity index (χ2n) is 4.45. The zero-order valence-corrected chi connectivity index (χ0v) is 11.8. The second kappa shape index (κ2) is 6.86. The van der Waals surface area contributed by atoms with E-state index < -0.39 is 0 Å². The molecule has 0 amide bonds. The average molecular weight is 273 g/mol. The van der Waals surface area contributed by atoms with Crippen molar-refractivity contribution in [1.82, 2.24) is 9.55 Å². The van der Waals surface area contributed by atoms with Crippen molar-refractivity contribution < 1.29 is 4.74 Å². The molecule has 2 rings (SSSR count). The highest BCUT2D eigenvalue weighted by Crippen LogP contribution is 2.11. The number of rotatable bonds is 6. The van der Waals surface area contributed by atoms with Gasteiger partial charge in [-0.2, -0.15) is 0 Å². The normalized spacial score (nSPS) is 10.5. The Morgan fingerprint density at radius 1 is 1.30 bits per heavy atom. The standard InChI is InChI=1S/C15H19N3O2/c1-3-20-11-13-7-5-4-6-12(13)10-17-14-15(19)18(2)9-8-16-14/h4-9H,3,10-11H2,1-2H3,(H,16,17). The highest BCUT2D eigenvalue weighted by atomic mass is 16.5. The minimum atomic E-state index is -0.130. The van der Waals surface area contributed by atoms with Crippen LogP contribution in [0.4, 0.5) is 5.82 Å². The van der Waals surface area contributed by atoms with Crippen molar-refractivity contribution >= 4 is 5.82 Å². The van der Waals surface area contributed by atoms with Crippen LogP contribution < -0.4 is 10.9 Å². The van der Waals surface area contributed by atoms with Crippen molar-refractivity contribution in [2.45, 2.75) is 20.1 Å². The van der Waals surface area contributed by atoms with Gasteiger partial charge in [0.2, 0.25) is 0 Å². The molecule has 0 fully saturated rings. The van der Waals surface area contributed by atoms with Gasteiger partial charge in [-0.3, -0.25) is 4.79 Å². The molecule has 5 nitrogen and oxygen atoms in total. The third-order valence-corrected chi connectivity index (χ3v) is 3.04. The minimum absolute atomic E-state index is 0.130. The van der Waals surface area contributed by atoms with Crippen molar-refractivity contribution in [1.29, 1.82) is 0 Å². The number of nitrogens with zero attached hydrogens (tertiary/aromatic N) is 2. The quantitative estimate of drug-likeness (QED) is 0.873. The van der Waals surface area contributed by atoms with Gasteiger partial charge in [0.05, 0.1) is 6.61 Å². The monoisotopic (exact) mass is 273 g/mol. The van der Waals surface area contributed by atoms with Crippen molar-refractivity contribution in [2.24, 2.45) is 7.05 Å². The van der Waals surface area contributed by atoms with Gasteiger partial charge in [0.1, 0.15) is 0 Å². The summed E-state index contributed by atoms with van der Waals surface area (Å²) in [6.45, 7) is 3.78. The lowest BCUT2D eigenvalue weighted by Crippen LogP contribution is -2.22. The number of anilines is 1. The van der Waals surface area contributed by atoms with E-state index in [1.807, 2.05) is 31.2 Å². The van der Waals surface area contributed by atoms with Gasteiger partial charge in [0, 0.05) is 32.6 Å². The molecule has 5 heteroatoms. The van der Waals surface area contributed by atoms with Gasteiger partial charge in [0.25, 0.3) is 5.56 Å². The molecule has 1 aromatic heterocycles. The Bertz CT molecular complexity index is 623. The predicted molar refractivity (Wildman–Crippen MR) is 78.6 cm³/mol. The molecule has 1 N–H and O–H groups in total. The maximum absolute atomic E-state index is 11.9. The third-order valence-electron chi connectivity index (χ3n) is 3.04. The molecule has 0 saturated heterocycles. The smallest absolute Gasteiger partial charge is 0.293 e. The van der Waals surface area contributed by atoms with E-state index >= 15 is 0 Å². The molecule has 0 aliphatic carbocycles. The highest BCUT2D eigenvalue weighted by molar-refractivity contribution is 5.35. The molecule has 0 saturated carbocycles. The van der Waals surface area contributed by atoms with Crippen LogP contribution in [0.2, 0.25) is 0 Å². The van der Waals surface area contributed by atoms with Gasteiger partial charge in [-0.15, -0.1) is 0 Å². The summed E-state index contributed by atoms with van der Waals surface area (Å²) in [5, 5.41) is 3.09. The number of aryl methyl sites for hydroxylation is 1. The fraction of sp³-hybridized carbons (Fsp3) is 0.333. The summed E-state index contributed by atoms with van der Waals surface area (Å²) in [4.78, 5) is 15.9. The van der Waals surface area contributed by atoms with Crippen LogP contribution in [0.15, 0.2) is 41.5 Å². The topological polar surface area (TPSA) is 56.1 Å². The fourth-order valence-corrected chi connectivity index (χ4v) is 1.88. The van der Waals surface area contributed by atoms with Gasteiger partial charge < -0.3 is 14.6 Å². The Morgan fingerprint density at radius 2 is 2.05 bits per heavy atom. The zero-order chi connectivity index (χ0) is 14.4. The number of benzene rings is 1. The molecule has 2 aromatic rings. The summed E-state index contributed by atoms with van der Waals surface area (Å²) in [5.74, 6) is 0.362. The number of nitrogens with one attached hydrogen (secondary N) is 1. The Kier molecular flexibility index (Phi) is 4.90. The van der Waals surface area contributed by atoms with Crippen LogP contribution in [0, 0.1) is 0 Å². The van der Waals surface area contributed by atoms with E-state index in [0.717, 1.165) is 11.1 Å². The molecular weight excluding hydrogens is 254 g/mol. The van der Waals surface area contributed by atoms with Gasteiger partial charge in [-0.25, -0.2) is 4.98 Å². The van der Waals surface area contributed by atoms with Crippen LogP contribution in [0.5, 0.6) is 0 Å². The largest absolute Gasteiger partial charge is 0.377 e. The summed E-state index contributed by atoms with van der Waals surface area (Å²) in [7, 11) is 1.71. The first kappa shape index (κ1) is 14.3. The fourth-order valence-electron chi connectivity index (χ4n) is 1.88. The van der Waals surface area contributed by atoms with E-state index in [9.17, 15) is 4.79 Å². The number of hydrogen-bond donors (Lipinski definition) is 1. The maximum atomic E-state index is 11.9. The maximum Gasteiger partial charge on any atom is 0.293 e. The summed E-state index contributed by atoms with van der Waals surface area (Å²) in [6, 6.07) is 8.01. The van der Waals surface area contributed by atoms with Crippen LogP contribution in [-0.4, -0.2) is 16.2 Å². The molecule has 0 atom stereocenters. The van der Waals surface area contributed by atoms with Crippen molar-refractivity contribution in [3.05, 3.63) is 58.1 Å². The Balaban J connectivity index is 2.11. The molecule has 1 heterocycles. The Morgan fingerprint density at radius 3 is 2.80 bits per heavy atom. The third kappa shape index (κ3) is 3.45. The van der Waals surface area contributed by atoms with E-state index in [4.69, 9.17) is 4.74 Å². The Labute approximate surface area is 118 Å². The van der Waals surface area contributed by atoms with Crippen molar-refractivity contribution in [3.8, 4) is 0 Å². The molecule has 0 aliphatic heterocycles. The van der Waals surface area contributed by atoms with E-state index in [2.05, 4.69) is 10.3 Å². The first-order valence-corrected chi connectivity index (χ1v) is 6.62. The van der Waals surface area contributed by atoms with Gasteiger partial charge >= 0.3 is 0 Å². The zero-order valence-electron chi connectivity index (χ0n) is 11.8. The van der Waals surface area contributed by atoms with Crippen LogP contribution in [0.1, 0.15) is 18.1 Å². The molecule has 20 heavy (non-hydrogen) atoms. The van der Waals surface area contributed by atoms with Gasteiger partial charge in [-0.05, 0) is 18.1 Å². The van der Waals surface area contributed by atoms with Crippen LogP contribution in [-0.2, 0) is 24.9 Å². The van der Waals surface area contributed by atoms with E-state index in [1.54, 1.807) is 19.4 Å². The number of aromatic nitrogens is 2. The molecular formula is C15H19N3O2. The predicted octanol–water partition coefficient (Wildman–Crippen LogP) is 1.93. The molecule has 1 aromatic carbocycles. The molecule has 106 valence electrons. The Hall–Kier alpha value is -2.14. The summed E-state index contributed by atoms with van der Waals surface area (Å²) < 4.78 is 6.95. The van der Waals surface area contributed by atoms with E-state index in [1.165, 1.54) is 4.57 Å².